The van der Waals surface area contributed by atoms with E-state index in [4.69, 9.17) is 66.0 Å². The van der Waals surface area contributed by atoms with Gasteiger partial charge in [0.05, 0.1) is 69.5 Å². The van der Waals surface area contributed by atoms with Crippen molar-refractivity contribution in [2.75, 3.05) is 23.8 Å². The highest BCUT2D eigenvalue weighted by Crippen LogP contribution is 2.42. The van der Waals surface area contributed by atoms with Crippen molar-refractivity contribution >= 4 is 80.8 Å². The fraction of sp³-hybridized carbons (Fsp3) is 0.230. The number of epoxide rings is 1. The second-order valence-electron chi connectivity index (χ2n) is 26.3. The molecule has 0 aliphatic carbocycles. The van der Waals surface area contributed by atoms with Crippen LogP contribution in [0.1, 0.15) is 72.5 Å². The van der Waals surface area contributed by atoms with E-state index < -0.39 is 5.60 Å². The minimum absolute atomic E-state index is 0.250. The van der Waals surface area contributed by atoms with E-state index in [1.807, 2.05) is 91.1 Å². The van der Waals surface area contributed by atoms with Gasteiger partial charge in [-0.2, -0.15) is 15.3 Å². The molecule has 0 radical (unpaired) electrons. The van der Waals surface area contributed by atoms with Gasteiger partial charge in [-0.15, -0.1) is 0 Å². The summed E-state index contributed by atoms with van der Waals surface area (Å²) in [6, 6.07) is 35.2. The Bertz CT molecular complexity index is 4810. The number of aliphatic hydroxyl groups is 1. The SMILES string of the molecule is CC1(C)CO1.CC1(C)OB(c2cn[nH]c2)OC1(C)C.Cc1cc(-c2cc(-c3cn[nH]c3)c(N)nc2-c2ccc(F)cc2)cc(Cl)n1.Cc1cc(-c2cc(-c3cnn(CC(C)(C)O)c3)c(N)nc2-c2ccc(F)cc2)cc(Cl)n1.Cc1cc(-c2cc(Br)c(N)nc2-c2ccc(F)cc2)cc(Cl)n1. The summed E-state index contributed by atoms with van der Waals surface area (Å²) < 4.78 is 59.0. The molecule has 0 amide bonds. The first-order valence-corrected chi connectivity index (χ1v) is 33.6. The molecule has 3 aromatic carbocycles. The van der Waals surface area contributed by atoms with Crippen molar-refractivity contribution in [1.82, 2.24) is 60.1 Å². The summed E-state index contributed by atoms with van der Waals surface area (Å²) in [4.78, 5) is 26.4. The lowest BCUT2D eigenvalue weighted by atomic mass is 9.82. The van der Waals surface area contributed by atoms with E-state index in [1.165, 1.54) is 36.4 Å². The van der Waals surface area contributed by atoms with Gasteiger partial charge in [-0.3, -0.25) is 14.9 Å². The highest BCUT2D eigenvalue weighted by molar-refractivity contribution is 9.10. The molecule has 0 spiro atoms. The third-order valence-corrected chi connectivity index (χ3v) is 17.4. The number of H-pyrrole nitrogens is 2. The number of pyridine rings is 6. The van der Waals surface area contributed by atoms with Crippen LogP contribution >= 0.6 is 50.7 Å². The number of benzene rings is 3. The van der Waals surface area contributed by atoms with Gasteiger partial charge >= 0.3 is 7.12 Å². The van der Waals surface area contributed by atoms with E-state index in [-0.39, 0.29) is 41.4 Å². The van der Waals surface area contributed by atoms with E-state index in [1.54, 1.807) is 104 Å². The number of aryl methyl sites for hydroxylation is 3. The Labute approximate surface area is 606 Å². The number of nitrogens with two attached hydrogens (primary N) is 3. The molecule has 11 heterocycles. The number of aromatic amines is 2. The summed E-state index contributed by atoms with van der Waals surface area (Å²) in [6.07, 6.45) is 10.5. The molecule has 12 aromatic rings. The molecule has 9 aromatic heterocycles. The Morgan fingerprint density at radius 3 is 1.25 bits per heavy atom. The van der Waals surface area contributed by atoms with Gasteiger partial charge in [0.1, 0.15) is 50.4 Å². The predicted molar refractivity (Wildman–Crippen MR) is 398 cm³/mol. The zero-order valence-corrected chi connectivity index (χ0v) is 61.0. The fourth-order valence-electron chi connectivity index (χ4n) is 10.4. The van der Waals surface area contributed by atoms with Gasteiger partial charge in [-0.1, -0.05) is 34.8 Å². The Hall–Kier alpha value is -9.37. The average Bonchev–Trinajstić information content (AvgIpc) is 1.71. The van der Waals surface area contributed by atoms with Crippen molar-refractivity contribution in [2.24, 2.45) is 0 Å². The lowest BCUT2D eigenvalue weighted by Crippen LogP contribution is -2.41. The lowest BCUT2D eigenvalue weighted by Gasteiger charge is -2.32. The zero-order valence-electron chi connectivity index (χ0n) is 57.1. The second-order valence-corrected chi connectivity index (χ2v) is 28.3. The van der Waals surface area contributed by atoms with Crippen LogP contribution in [-0.2, 0) is 20.6 Å². The quantitative estimate of drug-likeness (QED) is 0.0399. The average molecular weight is 1490 g/mol. The predicted octanol–water partition coefficient (Wildman–Crippen LogP) is 16.8. The summed E-state index contributed by atoms with van der Waals surface area (Å²) >= 11 is 21.9. The van der Waals surface area contributed by atoms with Crippen LogP contribution in [0.4, 0.5) is 30.6 Å². The van der Waals surface area contributed by atoms with Gasteiger partial charge in [0.25, 0.3) is 0 Å². The monoisotopic (exact) mass is 1490 g/mol. The Morgan fingerprint density at radius 2 is 0.891 bits per heavy atom. The number of nitrogen functional groups attached to an aromatic ring is 3. The van der Waals surface area contributed by atoms with E-state index in [2.05, 4.69) is 85.2 Å². The number of anilines is 3. The minimum Gasteiger partial charge on any atom is -0.399 e. The molecule has 2 saturated heterocycles. The molecule has 2 aliphatic heterocycles. The number of rotatable bonds is 11. The Morgan fingerprint density at radius 1 is 0.515 bits per heavy atom. The smallest absolute Gasteiger partial charge is 0.399 e. The molecular weight excluding hydrogens is 1420 g/mol. The zero-order chi connectivity index (χ0) is 72.9. The molecule has 0 saturated carbocycles. The number of aromatic nitrogens is 12. The lowest BCUT2D eigenvalue weighted by molar-refractivity contribution is 0.00578. The highest BCUT2D eigenvalue weighted by Gasteiger charge is 2.52. The number of nitrogens with one attached hydrogen (secondary N) is 2. The van der Waals surface area contributed by atoms with Crippen molar-refractivity contribution in [3.05, 3.63) is 219 Å². The molecule has 0 unspecified atom stereocenters. The van der Waals surface area contributed by atoms with E-state index >= 15 is 0 Å². The van der Waals surface area contributed by atoms with Gasteiger partial charge in [0, 0.05) is 103 Å². The first kappa shape index (κ1) is 74.3. The van der Waals surface area contributed by atoms with Crippen LogP contribution in [-0.4, -0.2) is 101 Å². The molecule has 2 aliphatic rings. The summed E-state index contributed by atoms with van der Waals surface area (Å²) in [5.41, 5.74) is 32.7. The fourth-order valence-corrected chi connectivity index (χ4v) is 11.5. The summed E-state index contributed by atoms with van der Waals surface area (Å²) in [7, 11) is -0.307. The first-order chi connectivity index (χ1) is 47.7. The van der Waals surface area contributed by atoms with Crippen LogP contribution in [0.3, 0.4) is 0 Å². The number of hydrogen-bond acceptors (Lipinski definition) is 16. The van der Waals surface area contributed by atoms with E-state index in [0.717, 1.165) is 95.9 Å². The number of halogens is 7. The van der Waals surface area contributed by atoms with E-state index in [0.29, 0.717) is 66.6 Å². The Kier molecular flexibility index (Phi) is 22.7. The van der Waals surface area contributed by atoms with Gasteiger partial charge in [0.15, 0.2) is 0 Å². The summed E-state index contributed by atoms with van der Waals surface area (Å²) in [5.74, 6) is 0.0882. The molecule has 2 fully saturated rings. The summed E-state index contributed by atoms with van der Waals surface area (Å²) in [6.45, 7) is 22.6. The third kappa shape index (κ3) is 19.2. The molecule has 19 nitrogen and oxygen atoms in total. The molecule has 14 rings (SSSR count). The van der Waals surface area contributed by atoms with Crippen LogP contribution in [0.5, 0.6) is 0 Å². The molecule has 0 atom stereocenters. The van der Waals surface area contributed by atoms with Crippen molar-refractivity contribution in [2.45, 2.75) is 105 Å². The van der Waals surface area contributed by atoms with Gasteiger partial charge < -0.3 is 36.4 Å². The molecule has 520 valence electrons. The van der Waals surface area contributed by atoms with Crippen molar-refractivity contribution in [3.63, 3.8) is 0 Å². The third-order valence-electron chi connectivity index (χ3n) is 16.2. The van der Waals surface area contributed by atoms with E-state index in [9.17, 15) is 18.3 Å². The van der Waals surface area contributed by atoms with Crippen molar-refractivity contribution < 1.29 is 32.3 Å². The Balaban J connectivity index is 0.000000146. The standard InChI is InChI=1S/C24H23ClFN5O.C20H15ClFN5.C17H12BrClFN3.C9H15BN2O2.C4H8O/c1-14-8-16(9-21(25)29-14)19-10-20(17-11-28-31(12-17)13-24(2,3)32)23(27)30-22(19)15-4-6-18(26)7-5-15;1-11-6-13(7-18(21)26-11)16-8-17(14-9-24-25-10-14)20(23)27-19(16)12-2-4-15(22)5-3-12;1-9-6-11(7-15(19)22-9)13-8-14(18)17(21)23-16(13)10-2-4-12(20)5-3-10;1-8(2)9(3,4)14-10(13-8)7-5-11-12-6-7;1-4(2)3-5-4/h4-12,32H,13H2,1-3H3,(H2,27,30);2-10H,1H3,(H2,23,27)(H,24,25);2-8H,1H3,(H2,21,23);5-6H,1-4H3,(H,11,12);3H2,1-2H3. The molecule has 27 heteroatoms. The number of hydrogen-bond donors (Lipinski definition) is 6. The van der Waals surface area contributed by atoms with Gasteiger partial charge in [-0.25, -0.2) is 43.1 Å². The molecule has 101 heavy (non-hydrogen) atoms. The molecular formula is C74H73BBrCl3F3N15O4. The van der Waals surface area contributed by atoms with Gasteiger partial charge in [-0.05, 0) is 236 Å². The maximum Gasteiger partial charge on any atom is 0.498 e. The van der Waals surface area contributed by atoms with Crippen LogP contribution in [0, 0.1) is 38.2 Å². The largest absolute Gasteiger partial charge is 0.498 e. The number of ether oxygens (including phenoxy) is 1. The minimum atomic E-state index is -0.907. The van der Waals surface area contributed by atoms with Crippen LogP contribution in [0.25, 0.3) is 89.4 Å². The maximum atomic E-state index is 13.5. The van der Waals surface area contributed by atoms with Crippen LogP contribution in [0.2, 0.25) is 15.5 Å². The van der Waals surface area contributed by atoms with Crippen LogP contribution < -0.4 is 22.7 Å². The van der Waals surface area contributed by atoms with Gasteiger partial charge in [0.2, 0.25) is 0 Å². The molecule has 0 bridgehead atoms. The number of nitrogens with zero attached hydrogens (tertiary/aromatic N) is 10. The summed E-state index contributed by atoms with van der Waals surface area (Å²) in [5, 5.41) is 29.0. The normalized spacial score (nSPS) is 13.9. The highest BCUT2D eigenvalue weighted by atomic mass is 79.9. The maximum absolute atomic E-state index is 13.5. The molecule has 9 N–H and O–H groups in total. The van der Waals surface area contributed by atoms with Crippen molar-refractivity contribution in [3.8, 4) is 89.4 Å². The van der Waals surface area contributed by atoms with Crippen molar-refractivity contribution in [1.29, 1.82) is 0 Å². The first-order valence-electron chi connectivity index (χ1n) is 31.7. The topological polar surface area (TPSA) is 282 Å². The van der Waals surface area contributed by atoms with Crippen LogP contribution in [0.15, 0.2) is 169 Å². The second kappa shape index (κ2) is 30.9.